The molecule has 30 heavy (non-hydrogen) atoms. The average molecular weight is 416 g/mol. The topological polar surface area (TPSA) is 90.2 Å². The van der Waals surface area contributed by atoms with Crippen LogP contribution >= 0.6 is 0 Å². The third-order valence-corrected chi connectivity index (χ3v) is 6.51. The second-order valence-electron chi connectivity index (χ2n) is 8.32. The van der Waals surface area contributed by atoms with Crippen LogP contribution in [0.4, 0.5) is 4.39 Å². The number of ether oxygens (including phenoxy) is 1. The summed E-state index contributed by atoms with van der Waals surface area (Å²) in [6.07, 6.45) is -1.49. The first kappa shape index (κ1) is 21.4. The smallest absolute Gasteiger partial charge is 0.123 e. The molecule has 0 radical (unpaired) electrons. The monoisotopic (exact) mass is 416 g/mol. The molecule has 162 valence electrons. The van der Waals surface area contributed by atoms with Gasteiger partial charge in [0, 0.05) is 0 Å². The molecule has 1 fully saturated rings. The highest BCUT2D eigenvalue weighted by atomic mass is 19.1. The maximum absolute atomic E-state index is 13.3. The molecular formula is C24H29FO5. The predicted molar refractivity (Wildman–Crippen MR) is 110 cm³/mol. The third kappa shape index (κ3) is 3.79. The summed E-state index contributed by atoms with van der Waals surface area (Å²) < 4.78 is 19.2. The zero-order valence-corrected chi connectivity index (χ0v) is 17.1. The summed E-state index contributed by atoms with van der Waals surface area (Å²) in [6.45, 7) is 1.61. The number of aliphatic hydroxyl groups is 4. The first-order valence-electron chi connectivity index (χ1n) is 10.7. The van der Waals surface area contributed by atoms with Gasteiger partial charge in [-0.15, -0.1) is 0 Å². The van der Waals surface area contributed by atoms with Crippen LogP contribution in [-0.4, -0.2) is 51.4 Å². The van der Waals surface area contributed by atoms with Crippen LogP contribution in [0.5, 0.6) is 0 Å². The van der Waals surface area contributed by atoms with Gasteiger partial charge < -0.3 is 25.2 Å². The Morgan fingerprint density at radius 3 is 2.37 bits per heavy atom. The van der Waals surface area contributed by atoms with Gasteiger partial charge >= 0.3 is 0 Å². The zero-order chi connectivity index (χ0) is 21.4. The van der Waals surface area contributed by atoms with E-state index in [9.17, 15) is 24.8 Å². The van der Waals surface area contributed by atoms with Gasteiger partial charge in [-0.25, -0.2) is 4.39 Å². The van der Waals surface area contributed by atoms with Crippen molar-refractivity contribution in [2.24, 2.45) is 0 Å². The molecule has 2 aliphatic rings. The summed E-state index contributed by atoms with van der Waals surface area (Å²) in [7, 11) is 0. The van der Waals surface area contributed by atoms with Gasteiger partial charge in [0.05, 0.1) is 6.61 Å². The molecule has 2 aromatic carbocycles. The second kappa shape index (κ2) is 8.73. The Balaban J connectivity index is 1.78. The molecule has 0 amide bonds. The summed E-state index contributed by atoms with van der Waals surface area (Å²) in [5.41, 5.74) is 6.59. The van der Waals surface area contributed by atoms with E-state index in [1.54, 1.807) is 12.1 Å². The number of fused-ring (bicyclic) bond motifs is 1. The minimum atomic E-state index is -1.40. The van der Waals surface area contributed by atoms with E-state index in [1.807, 2.05) is 6.07 Å². The molecule has 0 bridgehead atoms. The van der Waals surface area contributed by atoms with Crippen LogP contribution in [0.15, 0.2) is 30.3 Å². The van der Waals surface area contributed by atoms with Crippen molar-refractivity contribution in [3.63, 3.8) is 0 Å². The lowest BCUT2D eigenvalue weighted by molar-refractivity contribution is -0.231. The minimum Gasteiger partial charge on any atom is -0.394 e. The second-order valence-corrected chi connectivity index (χ2v) is 8.32. The van der Waals surface area contributed by atoms with E-state index in [-0.39, 0.29) is 5.82 Å². The van der Waals surface area contributed by atoms with Gasteiger partial charge in [0.2, 0.25) is 0 Å². The largest absolute Gasteiger partial charge is 0.394 e. The van der Waals surface area contributed by atoms with Crippen molar-refractivity contribution in [3.05, 3.63) is 69.5 Å². The van der Waals surface area contributed by atoms with E-state index in [0.29, 0.717) is 6.42 Å². The molecule has 1 saturated heterocycles. The van der Waals surface area contributed by atoms with Gasteiger partial charge in [-0.2, -0.15) is 0 Å². The fraction of sp³-hybridized carbons (Fsp3) is 0.500. The Morgan fingerprint density at radius 2 is 1.70 bits per heavy atom. The number of aliphatic hydroxyl groups excluding tert-OH is 4. The summed E-state index contributed by atoms with van der Waals surface area (Å²) >= 11 is 0. The molecule has 1 aliphatic heterocycles. The molecule has 2 aromatic rings. The Hall–Kier alpha value is -1.83. The lowest BCUT2D eigenvalue weighted by Gasteiger charge is -2.41. The van der Waals surface area contributed by atoms with E-state index in [2.05, 4.69) is 6.92 Å². The fourth-order valence-corrected chi connectivity index (χ4v) is 4.98. The Labute approximate surface area is 175 Å². The van der Waals surface area contributed by atoms with E-state index in [4.69, 9.17) is 4.74 Å². The van der Waals surface area contributed by atoms with Crippen LogP contribution in [0.3, 0.4) is 0 Å². The number of hydrogen-bond donors (Lipinski definition) is 4. The highest BCUT2D eigenvalue weighted by Crippen LogP contribution is 2.40. The number of benzene rings is 2. The van der Waals surface area contributed by atoms with Gasteiger partial charge in [-0.1, -0.05) is 25.1 Å². The maximum Gasteiger partial charge on any atom is 0.123 e. The van der Waals surface area contributed by atoms with Crippen LogP contribution in [0, 0.1) is 5.82 Å². The van der Waals surface area contributed by atoms with Gasteiger partial charge in [-0.3, -0.25) is 0 Å². The standard InChI is InChI=1S/C24H29FO5/c1-2-16-18-5-3-4-17(18)14(10-13-6-8-15(25)9-7-13)11-19(16)24-23(29)22(28)21(27)20(12-26)30-24/h6-9,11,20-24,26-29H,2-5,10,12H2,1H3/t20-,21?,22+,23?,24+/m1/s1. The summed E-state index contributed by atoms with van der Waals surface area (Å²) in [4.78, 5) is 0. The van der Waals surface area contributed by atoms with E-state index in [0.717, 1.165) is 47.9 Å². The molecule has 6 heteroatoms. The Bertz CT molecular complexity index is 895. The minimum absolute atomic E-state index is 0.271. The van der Waals surface area contributed by atoms with E-state index in [1.165, 1.54) is 23.3 Å². The van der Waals surface area contributed by atoms with Crippen LogP contribution in [0.25, 0.3) is 0 Å². The molecule has 2 unspecified atom stereocenters. The molecule has 1 aliphatic carbocycles. The third-order valence-electron chi connectivity index (χ3n) is 6.51. The summed E-state index contributed by atoms with van der Waals surface area (Å²) in [5.74, 6) is -0.271. The molecule has 5 atom stereocenters. The molecule has 0 saturated carbocycles. The zero-order valence-electron chi connectivity index (χ0n) is 17.1. The van der Waals surface area contributed by atoms with Crippen molar-refractivity contribution in [2.45, 2.75) is 69.5 Å². The van der Waals surface area contributed by atoms with Crippen LogP contribution in [0.2, 0.25) is 0 Å². The van der Waals surface area contributed by atoms with Gasteiger partial charge in [-0.05, 0) is 77.6 Å². The van der Waals surface area contributed by atoms with Crippen molar-refractivity contribution in [3.8, 4) is 0 Å². The molecule has 0 aromatic heterocycles. The highest BCUT2D eigenvalue weighted by molar-refractivity contribution is 5.51. The predicted octanol–water partition coefficient (Wildman–Crippen LogP) is 1.98. The summed E-state index contributed by atoms with van der Waals surface area (Å²) in [6, 6.07) is 8.48. The molecule has 5 nitrogen and oxygen atoms in total. The average Bonchev–Trinajstić information content (AvgIpc) is 3.24. The van der Waals surface area contributed by atoms with Crippen molar-refractivity contribution in [1.82, 2.24) is 0 Å². The fourth-order valence-electron chi connectivity index (χ4n) is 4.98. The quantitative estimate of drug-likeness (QED) is 0.599. The molecule has 1 heterocycles. The van der Waals surface area contributed by atoms with Crippen molar-refractivity contribution < 1.29 is 29.6 Å². The molecule has 0 spiro atoms. The van der Waals surface area contributed by atoms with Gasteiger partial charge in [0.25, 0.3) is 0 Å². The van der Waals surface area contributed by atoms with Crippen molar-refractivity contribution >= 4 is 0 Å². The lowest BCUT2D eigenvalue weighted by atomic mass is 9.83. The van der Waals surface area contributed by atoms with Gasteiger partial charge in [0.15, 0.2) is 0 Å². The Kier molecular flexibility index (Phi) is 6.23. The normalized spacial score (nSPS) is 28.5. The summed E-state index contributed by atoms with van der Waals surface area (Å²) in [5, 5.41) is 40.7. The lowest BCUT2D eigenvalue weighted by Crippen LogP contribution is -2.55. The van der Waals surface area contributed by atoms with Crippen LogP contribution < -0.4 is 0 Å². The van der Waals surface area contributed by atoms with E-state index < -0.39 is 37.1 Å². The molecular weight excluding hydrogens is 387 g/mol. The number of halogens is 1. The number of rotatable bonds is 5. The first-order valence-corrected chi connectivity index (χ1v) is 10.7. The Morgan fingerprint density at radius 1 is 1.00 bits per heavy atom. The maximum atomic E-state index is 13.3. The van der Waals surface area contributed by atoms with Crippen molar-refractivity contribution in [1.29, 1.82) is 0 Å². The highest BCUT2D eigenvalue weighted by Gasteiger charge is 2.45. The number of hydrogen-bond acceptors (Lipinski definition) is 5. The van der Waals surface area contributed by atoms with E-state index >= 15 is 0 Å². The first-order chi connectivity index (χ1) is 14.4. The van der Waals surface area contributed by atoms with Crippen molar-refractivity contribution in [2.75, 3.05) is 6.61 Å². The van der Waals surface area contributed by atoms with Crippen LogP contribution in [-0.2, 0) is 30.4 Å². The molecule has 4 N–H and O–H groups in total. The van der Waals surface area contributed by atoms with Crippen LogP contribution in [0.1, 0.15) is 52.8 Å². The molecule has 4 rings (SSSR count). The van der Waals surface area contributed by atoms with Gasteiger partial charge in [0.1, 0.15) is 36.3 Å². The SMILES string of the molecule is CCc1c([C@@H]2O[C@H](CO)C(O)[C@H](O)C2O)cc(Cc2ccc(F)cc2)c2c1CCC2.